The molecule has 0 unspecified atom stereocenters. The van der Waals surface area contributed by atoms with Gasteiger partial charge in [0.1, 0.15) is 6.33 Å². The molecule has 124 valence electrons. The lowest BCUT2D eigenvalue weighted by Gasteiger charge is -2.03. The zero-order chi connectivity index (χ0) is 17.5. The van der Waals surface area contributed by atoms with Crippen LogP contribution in [0.2, 0.25) is 5.15 Å². The Hall–Kier alpha value is -2.18. The third-order valence-corrected chi connectivity index (χ3v) is 4.46. The molecule has 0 N–H and O–H groups in total. The molecule has 5 nitrogen and oxygen atoms in total. The van der Waals surface area contributed by atoms with E-state index in [2.05, 4.69) is 15.2 Å². The highest BCUT2D eigenvalue weighted by atomic mass is 35.5. The van der Waals surface area contributed by atoms with Gasteiger partial charge in [0.15, 0.2) is 5.15 Å². The Balaban J connectivity index is 0.000000185. The van der Waals surface area contributed by atoms with Crippen LogP contribution in [0.5, 0.6) is 0 Å². The highest BCUT2D eigenvalue weighted by Gasteiger charge is 2.01. The summed E-state index contributed by atoms with van der Waals surface area (Å²) in [7, 11) is 0. The molecule has 0 aliphatic carbocycles. The van der Waals surface area contributed by atoms with Crippen LogP contribution >= 0.6 is 23.4 Å². The van der Waals surface area contributed by atoms with Crippen molar-refractivity contribution in [1.82, 2.24) is 19.7 Å². The van der Waals surface area contributed by atoms with Gasteiger partial charge in [0.05, 0.1) is 11.9 Å². The molecule has 0 radical (unpaired) electrons. The molecule has 0 spiro atoms. The molecule has 0 amide bonds. The van der Waals surface area contributed by atoms with Crippen molar-refractivity contribution >= 4 is 23.4 Å². The number of hydrogen-bond donors (Lipinski definition) is 0. The number of benzene rings is 1. The molecule has 1 aromatic carbocycles. The number of aryl methyl sites for hydroxylation is 1. The van der Waals surface area contributed by atoms with Crippen molar-refractivity contribution in [3.05, 3.63) is 75.7 Å². The van der Waals surface area contributed by atoms with Gasteiger partial charge in [-0.05, 0) is 32.2 Å². The smallest absolute Gasteiger partial charge is 0.257 e. The molecule has 0 fully saturated rings. The molecule has 3 aromatic rings. The lowest BCUT2D eigenvalue weighted by atomic mass is 10.2. The van der Waals surface area contributed by atoms with E-state index in [4.69, 9.17) is 11.6 Å². The summed E-state index contributed by atoms with van der Waals surface area (Å²) in [5.41, 5.74) is 2.95. The van der Waals surface area contributed by atoms with Gasteiger partial charge < -0.3 is 0 Å². The summed E-state index contributed by atoms with van der Waals surface area (Å²) in [6.45, 7) is 3.94. The molecular weight excluding hydrogens is 344 g/mol. The zero-order valence-corrected chi connectivity index (χ0v) is 15.2. The van der Waals surface area contributed by atoms with Gasteiger partial charge >= 0.3 is 0 Å². The van der Waals surface area contributed by atoms with Crippen LogP contribution in [0.15, 0.2) is 58.7 Å². The summed E-state index contributed by atoms with van der Waals surface area (Å²) >= 11 is 7.33. The summed E-state index contributed by atoms with van der Waals surface area (Å²) < 4.78 is 1.51. The fraction of sp³-hybridized carbons (Fsp3) is 0.176. The van der Waals surface area contributed by atoms with Crippen LogP contribution in [0, 0.1) is 13.8 Å². The summed E-state index contributed by atoms with van der Waals surface area (Å²) in [5, 5.41) is 7.89. The van der Waals surface area contributed by atoms with E-state index in [9.17, 15) is 4.79 Å². The minimum absolute atomic E-state index is 0.0659. The number of halogens is 1. The highest BCUT2D eigenvalue weighted by Crippen LogP contribution is 2.22. The molecule has 0 atom stereocenters. The van der Waals surface area contributed by atoms with Crippen LogP contribution in [0.1, 0.15) is 11.1 Å². The molecule has 7 heteroatoms. The van der Waals surface area contributed by atoms with Crippen molar-refractivity contribution < 1.29 is 0 Å². The van der Waals surface area contributed by atoms with Gasteiger partial charge in [0, 0.05) is 22.7 Å². The molecule has 0 saturated heterocycles. The first-order chi connectivity index (χ1) is 11.5. The second-order valence-corrected chi connectivity index (χ2v) is 6.16. The van der Waals surface area contributed by atoms with Gasteiger partial charge in [-0.2, -0.15) is 5.10 Å². The predicted octanol–water partition coefficient (Wildman–Crippen LogP) is 3.70. The fourth-order valence-electron chi connectivity index (χ4n) is 1.86. The zero-order valence-electron chi connectivity index (χ0n) is 13.6. The molecule has 0 aliphatic rings. The van der Waals surface area contributed by atoms with E-state index in [-0.39, 0.29) is 5.56 Å². The monoisotopic (exact) mass is 360 g/mol. The topological polar surface area (TPSA) is 60.7 Å². The second-order valence-electron chi connectivity index (χ2n) is 4.95. The first-order valence-corrected chi connectivity index (χ1v) is 8.74. The van der Waals surface area contributed by atoms with Crippen molar-refractivity contribution in [2.24, 2.45) is 0 Å². The summed E-state index contributed by atoms with van der Waals surface area (Å²) in [5.74, 6) is 0. The number of thioether (sulfide) groups is 1. The van der Waals surface area contributed by atoms with E-state index in [0.29, 0.717) is 5.15 Å². The maximum Gasteiger partial charge on any atom is 0.257 e. The predicted molar refractivity (Wildman–Crippen MR) is 98.1 cm³/mol. The van der Waals surface area contributed by atoms with Crippen LogP contribution in [0.4, 0.5) is 0 Å². The number of rotatable bonds is 2. The Labute approximate surface area is 149 Å². The van der Waals surface area contributed by atoms with Crippen molar-refractivity contribution in [2.45, 2.75) is 18.7 Å². The molecule has 24 heavy (non-hydrogen) atoms. The third kappa shape index (κ3) is 4.66. The van der Waals surface area contributed by atoms with Crippen molar-refractivity contribution in [3.8, 4) is 5.69 Å². The van der Waals surface area contributed by atoms with E-state index < -0.39 is 0 Å². The third-order valence-electron chi connectivity index (χ3n) is 3.25. The summed E-state index contributed by atoms with van der Waals surface area (Å²) in [6.07, 6.45) is 6.71. The van der Waals surface area contributed by atoms with Gasteiger partial charge in [-0.3, -0.25) is 9.36 Å². The van der Waals surface area contributed by atoms with Gasteiger partial charge in [0.25, 0.3) is 5.56 Å². The van der Waals surface area contributed by atoms with Gasteiger partial charge in [-0.25, -0.2) is 4.98 Å². The maximum absolute atomic E-state index is 11.4. The van der Waals surface area contributed by atoms with Gasteiger partial charge in [-0.1, -0.05) is 29.3 Å². The van der Waals surface area contributed by atoms with Crippen molar-refractivity contribution in [3.63, 3.8) is 0 Å². The quantitative estimate of drug-likeness (QED) is 0.652. The minimum Gasteiger partial charge on any atom is -0.269 e. The first-order valence-electron chi connectivity index (χ1n) is 7.14. The van der Waals surface area contributed by atoms with E-state index in [1.165, 1.54) is 28.7 Å². The lowest BCUT2D eigenvalue weighted by Crippen LogP contribution is -2.16. The number of hydrogen-bond acceptors (Lipinski definition) is 5. The maximum atomic E-state index is 11.4. The second kappa shape index (κ2) is 8.61. The Morgan fingerprint density at radius 1 is 1.12 bits per heavy atom. The van der Waals surface area contributed by atoms with Crippen molar-refractivity contribution in [1.29, 1.82) is 0 Å². The molecule has 3 rings (SSSR count). The van der Waals surface area contributed by atoms with Crippen LogP contribution < -0.4 is 5.56 Å². The van der Waals surface area contributed by atoms with Crippen LogP contribution in [-0.4, -0.2) is 26.0 Å². The molecule has 2 aromatic heterocycles. The molecule has 2 heterocycles. The van der Waals surface area contributed by atoms with E-state index in [1.807, 2.05) is 44.4 Å². The van der Waals surface area contributed by atoms with Crippen LogP contribution in [0.25, 0.3) is 5.69 Å². The molecule has 0 aliphatic heterocycles. The molecule has 0 bridgehead atoms. The highest BCUT2D eigenvalue weighted by molar-refractivity contribution is 7.98. The SMILES string of the molecule is CSc1cnnc(Cl)c1C.Cc1ccc(-n2cnccc2=O)cc1. The average molecular weight is 361 g/mol. The van der Waals surface area contributed by atoms with E-state index in [1.54, 1.807) is 18.0 Å². The Kier molecular flexibility index (Phi) is 6.52. The van der Waals surface area contributed by atoms with E-state index >= 15 is 0 Å². The Morgan fingerprint density at radius 2 is 1.83 bits per heavy atom. The van der Waals surface area contributed by atoms with Crippen LogP contribution in [-0.2, 0) is 0 Å². The first kappa shape index (κ1) is 18.2. The van der Waals surface area contributed by atoms with Gasteiger partial charge in [0.2, 0.25) is 0 Å². The normalized spacial score (nSPS) is 10.0. The lowest BCUT2D eigenvalue weighted by molar-refractivity contribution is 0.935. The van der Waals surface area contributed by atoms with E-state index in [0.717, 1.165) is 16.1 Å². The van der Waals surface area contributed by atoms with Gasteiger partial charge in [-0.15, -0.1) is 16.9 Å². The fourth-order valence-corrected chi connectivity index (χ4v) is 2.62. The largest absolute Gasteiger partial charge is 0.269 e. The number of nitrogens with zero attached hydrogens (tertiary/aromatic N) is 4. The van der Waals surface area contributed by atoms with Crippen molar-refractivity contribution in [2.75, 3.05) is 6.26 Å². The standard InChI is InChI=1S/C11H10N2O.C6H7ClN2S/c1-9-2-4-10(5-3-9)13-8-12-7-6-11(13)14;1-4-5(10-2)3-8-9-6(4)7/h2-8H,1H3;3H,1-2H3. The van der Waals surface area contributed by atoms with Crippen LogP contribution in [0.3, 0.4) is 0 Å². The minimum atomic E-state index is -0.0659. The average Bonchev–Trinajstić information content (AvgIpc) is 2.59. The summed E-state index contributed by atoms with van der Waals surface area (Å²) in [4.78, 5) is 16.4. The Morgan fingerprint density at radius 3 is 2.42 bits per heavy atom. The molecule has 0 saturated carbocycles. The summed E-state index contributed by atoms with van der Waals surface area (Å²) in [6, 6.07) is 9.18. The Bertz CT molecular complexity index is 865. The molecular formula is C17H17ClN4OS. The number of aromatic nitrogens is 4.